The van der Waals surface area contributed by atoms with Crippen LogP contribution < -0.4 is 0 Å². The molecule has 27 heavy (non-hydrogen) atoms. The van der Waals surface area contributed by atoms with E-state index in [2.05, 4.69) is 20.1 Å². The molecule has 7 heteroatoms. The SMILES string of the molecule is Cc1nn(C)c(C)c1CN(C(=O)c1cnc(-c2cccnc2)nc1)C1CC1. The number of hydrogen-bond acceptors (Lipinski definition) is 5. The zero-order chi connectivity index (χ0) is 19.0. The van der Waals surface area contributed by atoms with Crippen LogP contribution in [0.3, 0.4) is 0 Å². The summed E-state index contributed by atoms with van der Waals surface area (Å²) in [5.74, 6) is 0.537. The standard InChI is InChI=1S/C20H22N6O/c1-13-18(14(2)25(3)24-13)12-26(17-6-7-17)20(27)16-10-22-19(23-11-16)15-5-4-8-21-9-15/h4-5,8-11,17H,6-7,12H2,1-3H3. The van der Waals surface area contributed by atoms with E-state index in [0.29, 0.717) is 17.9 Å². The largest absolute Gasteiger partial charge is 0.331 e. The maximum atomic E-state index is 13.1. The Morgan fingerprint density at radius 1 is 1.22 bits per heavy atom. The Bertz CT molecular complexity index is 960. The van der Waals surface area contributed by atoms with Crippen molar-refractivity contribution in [1.82, 2.24) is 29.6 Å². The molecular formula is C20H22N6O. The molecule has 1 amide bonds. The van der Waals surface area contributed by atoms with Gasteiger partial charge in [-0.15, -0.1) is 0 Å². The van der Waals surface area contributed by atoms with Crippen molar-refractivity contribution >= 4 is 5.91 Å². The molecule has 1 fully saturated rings. The predicted octanol–water partition coefficient (Wildman–Crippen LogP) is 2.69. The minimum Gasteiger partial charge on any atom is -0.331 e. The Hall–Kier alpha value is -3.09. The Morgan fingerprint density at radius 2 is 1.96 bits per heavy atom. The molecule has 0 saturated heterocycles. The third kappa shape index (κ3) is 3.45. The van der Waals surface area contributed by atoms with Gasteiger partial charge in [-0.05, 0) is 38.8 Å². The number of hydrogen-bond donors (Lipinski definition) is 0. The molecular weight excluding hydrogens is 340 g/mol. The van der Waals surface area contributed by atoms with Gasteiger partial charge in [0.2, 0.25) is 0 Å². The number of nitrogens with zero attached hydrogens (tertiary/aromatic N) is 6. The predicted molar refractivity (Wildman–Crippen MR) is 101 cm³/mol. The van der Waals surface area contributed by atoms with E-state index in [4.69, 9.17) is 0 Å². The van der Waals surface area contributed by atoms with E-state index in [1.807, 2.05) is 42.6 Å². The van der Waals surface area contributed by atoms with Crippen LogP contribution in [0.2, 0.25) is 0 Å². The van der Waals surface area contributed by atoms with Crippen LogP contribution in [-0.4, -0.2) is 41.6 Å². The van der Waals surface area contributed by atoms with Crippen molar-refractivity contribution < 1.29 is 4.79 Å². The van der Waals surface area contributed by atoms with Gasteiger partial charge in [-0.3, -0.25) is 14.5 Å². The molecule has 7 nitrogen and oxygen atoms in total. The maximum absolute atomic E-state index is 13.1. The first kappa shape index (κ1) is 17.3. The van der Waals surface area contributed by atoms with Crippen molar-refractivity contribution in [2.45, 2.75) is 39.3 Å². The van der Waals surface area contributed by atoms with Crippen LogP contribution in [0, 0.1) is 13.8 Å². The number of aryl methyl sites for hydroxylation is 2. The number of pyridine rings is 1. The molecule has 0 spiro atoms. The van der Waals surface area contributed by atoms with Gasteiger partial charge in [-0.25, -0.2) is 9.97 Å². The van der Waals surface area contributed by atoms with Crippen molar-refractivity contribution in [3.8, 4) is 11.4 Å². The first-order valence-corrected chi connectivity index (χ1v) is 9.07. The number of carbonyl (C=O) groups is 1. The molecule has 1 aliphatic carbocycles. The molecule has 0 aliphatic heterocycles. The van der Waals surface area contributed by atoms with Crippen molar-refractivity contribution in [2.75, 3.05) is 0 Å². The highest BCUT2D eigenvalue weighted by molar-refractivity contribution is 5.94. The molecule has 1 aliphatic rings. The van der Waals surface area contributed by atoms with Crippen LogP contribution in [0.25, 0.3) is 11.4 Å². The molecule has 4 rings (SSSR count). The van der Waals surface area contributed by atoms with Gasteiger partial charge < -0.3 is 4.90 Å². The van der Waals surface area contributed by atoms with Gasteiger partial charge in [0.25, 0.3) is 5.91 Å². The molecule has 1 saturated carbocycles. The van der Waals surface area contributed by atoms with Crippen LogP contribution in [0.1, 0.15) is 40.2 Å². The quantitative estimate of drug-likeness (QED) is 0.697. The molecule has 3 aromatic heterocycles. The average Bonchev–Trinajstić information content (AvgIpc) is 3.50. The van der Waals surface area contributed by atoms with E-state index < -0.39 is 0 Å². The fraction of sp³-hybridized carbons (Fsp3) is 0.350. The van der Waals surface area contributed by atoms with Gasteiger partial charge in [-0.1, -0.05) is 0 Å². The fourth-order valence-electron chi connectivity index (χ4n) is 3.22. The number of carbonyl (C=O) groups excluding carboxylic acids is 1. The summed E-state index contributed by atoms with van der Waals surface area (Å²) in [4.78, 5) is 27.9. The highest BCUT2D eigenvalue weighted by atomic mass is 16.2. The molecule has 0 radical (unpaired) electrons. The summed E-state index contributed by atoms with van der Waals surface area (Å²) < 4.78 is 1.87. The summed E-state index contributed by atoms with van der Waals surface area (Å²) in [6, 6.07) is 4.02. The van der Waals surface area contributed by atoms with Crippen molar-refractivity contribution in [3.63, 3.8) is 0 Å². The second-order valence-electron chi connectivity index (χ2n) is 6.97. The van der Waals surface area contributed by atoms with Gasteiger partial charge in [0.15, 0.2) is 5.82 Å². The van der Waals surface area contributed by atoms with Gasteiger partial charge in [0.1, 0.15) is 0 Å². The maximum Gasteiger partial charge on any atom is 0.257 e. The van der Waals surface area contributed by atoms with Gasteiger partial charge >= 0.3 is 0 Å². The van der Waals surface area contributed by atoms with Gasteiger partial charge in [0.05, 0.1) is 11.3 Å². The molecule has 0 unspecified atom stereocenters. The Kier molecular flexibility index (Phi) is 4.43. The van der Waals surface area contributed by atoms with Crippen LogP contribution in [0.4, 0.5) is 0 Å². The Labute approximate surface area is 158 Å². The van der Waals surface area contributed by atoms with Crippen molar-refractivity contribution in [3.05, 3.63) is 59.4 Å². The number of amides is 1. The summed E-state index contributed by atoms with van der Waals surface area (Å²) in [6.45, 7) is 4.60. The zero-order valence-electron chi connectivity index (χ0n) is 15.8. The van der Waals surface area contributed by atoms with E-state index in [-0.39, 0.29) is 11.9 Å². The molecule has 0 N–H and O–H groups in total. The first-order chi connectivity index (χ1) is 13.0. The lowest BCUT2D eigenvalue weighted by Crippen LogP contribution is -2.33. The summed E-state index contributed by atoms with van der Waals surface area (Å²) >= 11 is 0. The van der Waals surface area contributed by atoms with Crippen molar-refractivity contribution in [1.29, 1.82) is 0 Å². The summed E-state index contributed by atoms with van der Waals surface area (Å²) in [5, 5.41) is 4.47. The highest BCUT2D eigenvalue weighted by Crippen LogP contribution is 2.31. The fourth-order valence-corrected chi connectivity index (χ4v) is 3.22. The topological polar surface area (TPSA) is 76.8 Å². The van der Waals surface area contributed by atoms with Gasteiger partial charge in [-0.2, -0.15) is 5.10 Å². The molecule has 138 valence electrons. The summed E-state index contributed by atoms with van der Waals surface area (Å²) in [7, 11) is 1.93. The third-order valence-electron chi connectivity index (χ3n) is 5.05. The average molecular weight is 362 g/mol. The smallest absolute Gasteiger partial charge is 0.257 e. The molecule has 0 atom stereocenters. The molecule has 3 aromatic rings. The zero-order valence-corrected chi connectivity index (χ0v) is 15.8. The minimum atomic E-state index is -0.0297. The highest BCUT2D eigenvalue weighted by Gasteiger charge is 2.34. The van der Waals surface area contributed by atoms with E-state index in [1.54, 1.807) is 24.8 Å². The van der Waals surface area contributed by atoms with E-state index in [1.165, 1.54) is 0 Å². The van der Waals surface area contributed by atoms with Gasteiger partial charge in [0, 0.05) is 61.2 Å². The Balaban J connectivity index is 1.57. The summed E-state index contributed by atoms with van der Waals surface area (Å²) in [5.41, 5.74) is 4.52. The normalized spacial score (nSPS) is 13.6. The lowest BCUT2D eigenvalue weighted by molar-refractivity contribution is 0.0728. The molecule has 3 heterocycles. The number of rotatable bonds is 5. The summed E-state index contributed by atoms with van der Waals surface area (Å²) in [6.07, 6.45) is 8.71. The van der Waals surface area contributed by atoms with Crippen LogP contribution >= 0.6 is 0 Å². The monoisotopic (exact) mass is 362 g/mol. The third-order valence-corrected chi connectivity index (χ3v) is 5.05. The van der Waals surface area contributed by atoms with Crippen molar-refractivity contribution in [2.24, 2.45) is 7.05 Å². The minimum absolute atomic E-state index is 0.0297. The first-order valence-electron chi connectivity index (χ1n) is 9.07. The second kappa shape index (κ2) is 6.90. The number of aromatic nitrogens is 5. The van der Waals surface area contributed by atoms with E-state index in [9.17, 15) is 4.79 Å². The van der Waals surface area contributed by atoms with E-state index in [0.717, 1.165) is 35.4 Å². The van der Waals surface area contributed by atoms with Crippen LogP contribution in [0.15, 0.2) is 36.9 Å². The van der Waals surface area contributed by atoms with Crippen LogP contribution in [0.5, 0.6) is 0 Å². The molecule has 0 bridgehead atoms. The lowest BCUT2D eigenvalue weighted by atomic mass is 10.1. The van der Waals surface area contributed by atoms with E-state index >= 15 is 0 Å². The lowest BCUT2D eigenvalue weighted by Gasteiger charge is -2.22. The second-order valence-corrected chi connectivity index (χ2v) is 6.97. The van der Waals surface area contributed by atoms with Crippen LogP contribution in [-0.2, 0) is 13.6 Å². The molecule has 0 aromatic carbocycles. The Morgan fingerprint density at radius 3 is 2.52 bits per heavy atom.